The molecule has 1 N–H and O–H groups in total. The number of hydrogen-bond acceptors (Lipinski definition) is 2. The summed E-state index contributed by atoms with van der Waals surface area (Å²) in [7, 11) is 0. The topological polar surface area (TPSA) is 29.5 Å². The Morgan fingerprint density at radius 1 is 1.10 bits per heavy atom. The number of rotatable bonds is 2. The number of benzene rings is 2. The molecule has 0 bridgehead atoms. The highest BCUT2D eigenvalue weighted by molar-refractivity contribution is 6.42. The van der Waals surface area contributed by atoms with E-state index in [0.29, 0.717) is 22.2 Å². The molecule has 0 radical (unpaired) electrons. The molecule has 0 aromatic heterocycles. The molecule has 20 heavy (non-hydrogen) atoms. The Morgan fingerprint density at radius 2 is 1.95 bits per heavy atom. The van der Waals surface area contributed by atoms with E-state index in [2.05, 4.69) is 0 Å². The first-order valence-corrected chi connectivity index (χ1v) is 7.30. The van der Waals surface area contributed by atoms with Gasteiger partial charge in [-0.1, -0.05) is 47.5 Å². The van der Waals surface area contributed by atoms with Crippen LogP contribution >= 0.6 is 23.2 Å². The van der Waals surface area contributed by atoms with Crippen LogP contribution < -0.4 is 4.74 Å². The highest BCUT2D eigenvalue weighted by Gasteiger charge is 2.21. The van der Waals surface area contributed by atoms with Crippen molar-refractivity contribution in [2.24, 2.45) is 0 Å². The van der Waals surface area contributed by atoms with Crippen molar-refractivity contribution in [2.45, 2.75) is 18.9 Å². The monoisotopic (exact) mass is 308 g/mol. The third kappa shape index (κ3) is 2.51. The predicted molar refractivity (Wildman–Crippen MR) is 80.8 cm³/mol. The predicted octanol–water partition coefficient (Wildman–Crippen LogP) is 4.40. The van der Waals surface area contributed by atoms with Gasteiger partial charge in [-0.3, -0.25) is 0 Å². The maximum Gasteiger partial charge on any atom is 0.128 e. The number of aliphatic hydroxyl groups excluding tert-OH is 1. The zero-order chi connectivity index (χ0) is 14.1. The average Bonchev–Trinajstić information content (AvgIpc) is 2.49. The first-order valence-electron chi connectivity index (χ1n) is 6.54. The second-order valence-electron chi connectivity index (χ2n) is 4.86. The fraction of sp³-hybridized carbons (Fsp3) is 0.250. The zero-order valence-electron chi connectivity index (χ0n) is 10.8. The number of hydrogen-bond donors (Lipinski definition) is 1. The van der Waals surface area contributed by atoms with Gasteiger partial charge in [0.25, 0.3) is 0 Å². The third-order valence-corrected chi connectivity index (χ3v) is 4.26. The van der Waals surface area contributed by atoms with Gasteiger partial charge in [-0.05, 0) is 36.1 Å². The van der Waals surface area contributed by atoms with Gasteiger partial charge in [0.1, 0.15) is 11.9 Å². The molecule has 1 aliphatic rings. The number of para-hydroxylation sites is 1. The summed E-state index contributed by atoms with van der Waals surface area (Å²) in [5.41, 5.74) is 2.63. The van der Waals surface area contributed by atoms with Crippen LogP contribution in [0.25, 0.3) is 0 Å². The molecule has 0 amide bonds. The first-order chi connectivity index (χ1) is 9.66. The fourth-order valence-electron chi connectivity index (χ4n) is 2.49. The van der Waals surface area contributed by atoms with Gasteiger partial charge in [-0.25, -0.2) is 0 Å². The summed E-state index contributed by atoms with van der Waals surface area (Å²) in [6.07, 6.45) is 1.23. The van der Waals surface area contributed by atoms with E-state index in [1.165, 1.54) is 0 Å². The molecular weight excluding hydrogens is 295 g/mol. The van der Waals surface area contributed by atoms with E-state index in [9.17, 15) is 5.11 Å². The lowest BCUT2D eigenvalue weighted by atomic mass is 9.95. The van der Waals surface area contributed by atoms with E-state index in [1.54, 1.807) is 18.2 Å². The van der Waals surface area contributed by atoms with Crippen molar-refractivity contribution >= 4 is 23.2 Å². The highest BCUT2D eigenvalue weighted by Crippen LogP contribution is 2.36. The van der Waals surface area contributed by atoms with Gasteiger partial charge < -0.3 is 9.84 Å². The van der Waals surface area contributed by atoms with Crippen LogP contribution in [0.1, 0.15) is 29.2 Å². The van der Waals surface area contributed by atoms with Gasteiger partial charge in [0, 0.05) is 5.56 Å². The van der Waals surface area contributed by atoms with Crippen molar-refractivity contribution in [3.8, 4) is 5.75 Å². The second kappa shape index (κ2) is 5.65. The first kappa shape index (κ1) is 13.7. The summed E-state index contributed by atoms with van der Waals surface area (Å²) in [6, 6.07) is 11.0. The number of fused-ring (bicyclic) bond motifs is 1. The molecule has 4 heteroatoms. The van der Waals surface area contributed by atoms with E-state index < -0.39 is 6.10 Å². The molecule has 1 unspecified atom stereocenters. The van der Waals surface area contributed by atoms with Crippen molar-refractivity contribution in [1.82, 2.24) is 0 Å². The number of aliphatic hydroxyl groups is 1. The fourth-order valence-corrected chi connectivity index (χ4v) is 2.80. The summed E-state index contributed by atoms with van der Waals surface area (Å²) < 4.78 is 5.73. The van der Waals surface area contributed by atoms with Crippen LogP contribution in [0.3, 0.4) is 0 Å². The minimum Gasteiger partial charge on any atom is -0.493 e. The molecule has 0 saturated carbocycles. The van der Waals surface area contributed by atoms with Crippen molar-refractivity contribution in [2.75, 3.05) is 6.61 Å². The van der Waals surface area contributed by atoms with E-state index in [1.807, 2.05) is 18.2 Å². The van der Waals surface area contributed by atoms with Crippen LogP contribution in [0.2, 0.25) is 10.0 Å². The lowest BCUT2D eigenvalue weighted by Gasteiger charge is -2.23. The van der Waals surface area contributed by atoms with Gasteiger partial charge >= 0.3 is 0 Å². The quantitative estimate of drug-likeness (QED) is 0.891. The normalized spacial score (nSPS) is 15.3. The molecule has 0 spiro atoms. The molecule has 1 atom stereocenters. The average molecular weight is 309 g/mol. The van der Waals surface area contributed by atoms with Crippen LogP contribution in [0.5, 0.6) is 5.75 Å². The van der Waals surface area contributed by atoms with Gasteiger partial charge in [0.15, 0.2) is 0 Å². The van der Waals surface area contributed by atoms with Crippen molar-refractivity contribution < 1.29 is 9.84 Å². The van der Waals surface area contributed by atoms with Crippen molar-refractivity contribution in [3.05, 3.63) is 63.1 Å². The molecule has 3 rings (SSSR count). The summed E-state index contributed by atoms with van der Waals surface area (Å²) in [5.74, 6) is 0.803. The van der Waals surface area contributed by atoms with Crippen molar-refractivity contribution in [3.63, 3.8) is 0 Å². The molecule has 2 aromatic rings. The SMILES string of the molecule is OC(c1ccc(Cl)c(Cl)c1)c1cccc2c1OCCC2. The molecule has 2 aromatic carbocycles. The smallest absolute Gasteiger partial charge is 0.128 e. The minimum absolute atomic E-state index is 0.439. The summed E-state index contributed by atoms with van der Waals surface area (Å²) in [5, 5.41) is 11.5. The van der Waals surface area contributed by atoms with Gasteiger partial charge in [-0.15, -0.1) is 0 Å². The largest absolute Gasteiger partial charge is 0.493 e. The molecule has 2 nitrogen and oxygen atoms in total. The number of ether oxygens (including phenoxy) is 1. The summed E-state index contributed by atoms with van der Waals surface area (Å²) in [6.45, 7) is 0.693. The molecule has 0 fully saturated rings. The Hall–Kier alpha value is -1.22. The lowest BCUT2D eigenvalue weighted by molar-refractivity contribution is 0.206. The third-order valence-electron chi connectivity index (χ3n) is 3.52. The Kier molecular flexibility index (Phi) is 3.88. The molecule has 1 heterocycles. The molecule has 104 valence electrons. The van der Waals surface area contributed by atoms with Crippen LogP contribution in [-0.4, -0.2) is 11.7 Å². The summed E-state index contributed by atoms with van der Waals surface area (Å²) in [4.78, 5) is 0. The van der Waals surface area contributed by atoms with Crippen LogP contribution in [0, 0.1) is 0 Å². The lowest BCUT2D eigenvalue weighted by Crippen LogP contribution is -2.12. The van der Waals surface area contributed by atoms with Crippen LogP contribution in [0.4, 0.5) is 0 Å². The Balaban J connectivity index is 2.02. The minimum atomic E-state index is -0.766. The Labute approximate surface area is 127 Å². The van der Waals surface area contributed by atoms with Gasteiger partial charge in [0.2, 0.25) is 0 Å². The zero-order valence-corrected chi connectivity index (χ0v) is 12.3. The maximum absolute atomic E-state index is 10.6. The molecular formula is C16H14Cl2O2. The van der Waals surface area contributed by atoms with Gasteiger partial charge in [-0.2, -0.15) is 0 Å². The second-order valence-corrected chi connectivity index (χ2v) is 5.68. The van der Waals surface area contributed by atoms with E-state index in [-0.39, 0.29) is 0 Å². The Bertz CT molecular complexity index is 640. The summed E-state index contributed by atoms with van der Waals surface area (Å²) >= 11 is 11.9. The van der Waals surface area contributed by atoms with Crippen molar-refractivity contribution in [1.29, 1.82) is 0 Å². The Morgan fingerprint density at radius 3 is 2.75 bits per heavy atom. The maximum atomic E-state index is 10.6. The highest BCUT2D eigenvalue weighted by atomic mass is 35.5. The molecule has 0 saturated heterocycles. The van der Waals surface area contributed by atoms with E-state index in [4.69, 9.17) is 27.9 Å². The van der Waals surface area contributed by atoms with Crippen LogP contribution in [0.15, 0.2) is 36.4 Å². The standard InChI is InChI=1S/C16H14Cl2O2/c17-13-7-6-11(9-14(13)18)15(19)12-5-1-3-10-4-2-8-20-16(10)12/h1,3,5-7,9,15,19H,2,4,8H2. The van der Waals surface area contributed by atoms with Gasteiger partial charge in [0.05, 0.1) is 16.7 Å². The van der Waals surface area contributed by atoms with E-state index in [0.717, 1.165) is 29.7 Å². The van der Waals surface area contributed by atoms with Crippen LogP contribution in [-0.2, 0) is 6.42 Å². The molecule has 0 aliphatic carbocycles. The number of aryl methyl sites for hydroxylation is 1. The number of halogens is 2. The molecule has 1 aliphatic heterocycles. The van der Waals surface area contributed by atoms with E-state index >= 15 is 0 Å².